The average molecular weight is 284 g/mol. The SMILES string of the molecule is CNCc1ccc(Cl)cc1N(C)CC(C)C(=O)NC. The first-order valence-corrected chi connectivity index (χ1v) is 6.73. The zero-order valence-corrected chi connectivity index (χ0v) is 12.7. The summed E-state index contributed by atoms with van der Waals surface area (Å²) in [5.74, 6) is -0.0274. The Bertz CT molecular complexity index is 437. The van der Waals surface area contributed by atoms with Crippen LogP contribution in [0.4, 0.5) is 5.69 Å². The van der Waals surface area contributed by atoms with Crippen molar-refractivity contribution in [2.75, 3.05) is 32.6 Å². The fourth-order valence-corrected chi connectivity index (χ4v) is 2.24. The van der Waals surface area contributed by atoms with Gasteiger partial charge in [-0.1, -0.05) is 24.6 Å². The van der Waals surface area contributed by atoms with Crippen molar-refractivity contribution in [3.63, 3.8) is 0 Å². The molecule has 0 fully saturated rings. The number of halogens is 1. The van der Waals surface area contributed by atoms with Crippen LogP contribution in [0.1, 0.15) is 12.5 Å². The summed E-state index contributed by atoms with van der Waals surface area (Å²) in [6.45, 7) is 3.33. The quantitative estimate of drug-likeness (QED) is 0.838. The second-order valence-electron chi connectivity index (χ2n) is 4.70. The van der Waals surface area contributed by atoms with Crippen LogP contribution in [0.3, 0.4) is 0 Å². The highest BCUT2D eigenvalue weighted by molar-refractivity contribution is 6.30. The van der Waals surface area contributed by atoms with Crippen LogP contribution in [0, 0.1) is 5.92 Å². The van der Waals surface area contributed by atoms with Crippen LogP contribution in [0.5, 0.6) is 0 Å². The summed E-state index contributed by atoms with van der Waals surface area (Å²) in [5, 5.41) is 6.51. The van der Waals surface area contributed by atoms with Crippen molar-refractivity contribution in [1.82, 2.24) is 10.6 Å². The van der Waals surface area contributed by atoms with Crippen molar-refractivity contribution in [1.29, 1.82) is 0 Å². The monoisotopic (exact) mass is 283 g/mol. The van der Waals surface area contributed by atoms with E-state index in [1.54, 1.807) is 7.05 Å². The number of nitrogens with zero attached hydrogens (tertiary/aromatic N) is 1. The van der Waals surface area contributed by atoms with Crippen LogP contribution in [0.2, 0.25) is 5.02 Å². The number of carbonyl (C=O) groups is 1. The van der Waals surface area contributed by atoms with Crippen molar-refractivity contribution < 1.29 is 4.79 Å². The number of hydrogen-bond donors (Lipinski definition) is 2. The van der Waals surface area contributed by atoms with Crippen molar-refractivity contribution >= 4 is 23.2 Å². The van der Waals surface area contributed by atoms with E-state index in [1.165, 1.54) is 5.56 Å². The van der Waals surface area contributed by atoms with Gasteiger partial charge in [0, 0.05) is 37.9 Å². The maximum atomic E-state index is 11.6. The van der Waals surface area contributed by atoms with E-state index >= 15 is 0 Å². The first-order valence-electron chi connectivity index (χ1n) is 6.35. The Morgan fingerprint density at radius 3 is 2.68 bits per heavy atom. The largest absolute Gasteiger partial charge is 0.374 e. The standard InChI is InChI=1S/C14H22ClN3O/c1-10(14(19)17-3)9-18(4)13-7-12(15)6-5-11(13)8-16-2/h5-7,10,16H,8-9H2,1-4H3,(H,17,19). The summed E-state index contributed by atoms with van der Waals surface area (Å²) >= 11 is 6.06. The van der Waals surface area contributed by atoms with Crippen molar-refractivity contribution in [3.8, 4) is 0 Å². The lowest BCUT2D eigenvalue weighted by atomic mass is 10.1. The minimum Gasteiger partial charge on any atom is -0.374 e. The molecule has 5 heteroatoms. The van der Waals surface area contributed by atoms with E-state index in [2.05, 4.69) is 15.5 Å². The molecule has 0 heterocycles. The lowest BCUT2D eigenvalue weighted by Crippen LogP contribution is -2.34. The molecule has 2 N–H and O–H groups in total. The Balaban J connectivity index is 2.88. The van der Waals surface area contributed by atoms with Gasteiger partial charge in [0.05, 0.1) is 5.92 Å². The van der Waals surface area contributed by atoms with Gasteiger partial charge in [0.1, 0.15) is 0 Å². The molecule has 0 spiro atoms. The van der Waals surface area contributed by atoms with Gasteiger partial charge in [-0.05, 0) is 24.7 Å². The van der Waals surface area contributed by atoms with E-state index in [4.69, 9.17) is 11.6 Å². The third kappa shape index (κ3) is 4.40. The van der Waals surface area contributed by atoms with Crippen LogP contribution in [0.15, 0.2) is 18.2 Å². The minimum absolute atomic E-state index is 0.0454. The van der Waals surface area contributed by atoms with Gasteiger partial charge in [0.15, 0.2) is 0 Å². The summed E-state index contributed by atoms with van der Waals surface area (Å²) in [4.78, 5) is 13.6. The molecule has 0 saturated carbocycles. The van der Waals surface area contributed by atoms with E-state index in [-0.39, 0.29) is 11.8 Å². The molecule has 0 aromatic heterocycles. The lowest BCUT2D eigenvalue weighted by Gasteiger charge is -2.25. The highest BCUT2D eigenvalue weighted by Gasteiger charge is 2.16. The summed E-state index contributed by atoms with van der Waals surface area (Å²) in [6.07, 6.45) is 0. The highest BCUT2D eigenvalue weighted by Crippen LogP contribution is 2.24. The topological polar surface area (TPSA) is 44.4 Å². The molecule has 106 valence electrons. The average Bonchev–Trinajstić information content (AvgIpc) is 2.39. The molecular formula is C14H22ClN3O. The van der Waals surface area contributed by atoms with Gasteiger partial charge in [0.25, 0.3) is 0 Å². The Hall–Kier alpha value is -1.26. The predicted octanol–water partition coefficient (Wildman–Crippen LogP) is 1.88. The van der Waals surface area contributed by atoms with Crippen LogP contribution in [-0.2, 0) is 11.3 Å². The predicted molar refractivity (Wildman–Crippen MR) is 80.7 cm³/mol. The van der Waals surface area contributed by atoms with Gasteiger partial charge >= 0.3 is 0 Å². The molecule has 0 radical (unpaired) electrons. The number of rotatable bonds is 6. The van der Waals surface area contributed by atoms with Gasteiger partial charge in [-0.25, -0.2) is 0 Å². The van der Waals surface area contributed by atoms with Gasteiger partial charge in [-0.2, -0.15) is 0 Å². The summed E-state index contributed by atoms with van der Waals surface area (Å²) in [6, 6.07) is 5.83. The Labute approximate surface area is 120 Å². The molecule has 0 bridgehead atoms. The van der Waals surface area contributed by atoms with E-state index in [1.807, 2.05) is 39.2 Å². The Kier molecular flexibility index (Phi) is 6.12. The first kappa shape index (κ1) is 15.8. The Morgan fingerprint density at radius 2 is 2.11 bits per heavy atom. The summed E-state index contributed by atoms with van der Waals surface area (Å²) < 4.78 is 0. The van der Waals surface area contributed by atoms with Crippen molar-refractivity contribution in [2.45, 2.75) is 13.5 Å². The van der Waals surface area contributed by atoms with Crippen LogP contribution < -0.4 is 15.5 Å². The molecule has 0 aliphatic rings. The van der Waals surface area contributed by atoms with E-state index in [9.17, 15) is 4.79 Å². The number of nitrogens with one attached hydrogen (secondary N) is 2. The minimum atomic E-state index is -0.0728. The van der Waals surface area contributed by atoms with Gasteiger partial charge in [-0.15, -0.1) is 0 Å². The number of anilines is 1. The van der Waals surface area contributed by atoms with E-state index in [0.717, 1.165) is 12.2 Å². The molecule has 1 unspecified atom stereocenters. The molecule has 1 amide bonds. The second-order valence-corrected chi connectivity index (χ2v) is 5.14. The van der Waals surface area contributed by atoms with E-state index in [0.29, 0.717) is 11.6 Å². The molecule has 1 aromatic rings. The summed E-state index contributed by atoms with van der Waals surface area (Å²) in [5.41, 5.74) is 2.22. The Morgan fingerprint density at radius 1 is 1.42 bits per heavy atom. The maximum absolute atomic E-state index is 11.6. The number of hydrogen-bond acceptors (Lipinski definition) is 3. The normalized spacial score (nSPS) is 12.1. The van der Waals surface area contributed by atoms with Crippen LogP contribution in [-0.4, -0.2) is 33.6 Å². The highest BCUT2D eigenvalue weighted by atomic mass is 35.5. The fourth-order valence-electron chi connectivity index (χ4n) is 2.07. The second kappa shape index (κ2) is 7.36. The number of amides is 1. The lowest BCUT2D eigenvalue weighted by molar-refractivity contribution is -0.123. The third-order valence-electron chi connectivity index (χ3n) is 3.07. The summed E-state index contributed by atoms with van der Waals surface area (Å²) in [7, 11) is 5.54. The zero-order valence-electron chi connectivity index (χ0n) is 12.0. The molecule has 19 heavy (non-hydrogen) atoms. The molecule has 4 nitrogen and oxygen atoms in total. The van der Waals surface area contributed by atoms with Crippen molar-refractivity contribution in [2.24, 2.45) is 5.92 Å². The van der Waals surface area contributed by atoms with Gasteiger partial charge in [-0.3, -0.25) is 4.79 Å². The van der Waals surface area contributed by atoms with Gasteiger partial charge in [0.2, 0.25) is 5.91 Å². The number of benzene rings is 1. The molecule has 1 aromatic carbocycles. The zero-order chi connectivity index (χ0) is 14.4. The smallest absolute Gasteiger partial charge is 0.224 e. The fraction of sp³-hybridized carbons (Fsp3) is 0.500. The molecule has 0 aliphatic carbocycles. The van der Waals surface area contributed by atoms with E-state index < -0.39 is 0 Å². The maximum Gasteiger partial charge on any atom is 0.224 e. The molecule has 1 atom stereocenters. The third-order valence-corrected chi connectivity index (χ3v) is 3.30. The van der Waals surface area contributed by atoms with Gasteiger partial charge < -0.3 is 15.5 Å². The number of carbonyl (C=O) groups excluding carboxylic acids is 1. The van der Waals surface area contributed by atoms with Crippen LogP contribution >= 0.6 is 11.6 Å². The molecule has 0 aliphatic heterocycles. The van der Waals surface area contributed by atoms with Crippen molar-refractivity contribution in [3.05, 3.63) is 28.8 Å². The molecular weight excluding hydrogens is 262 g/mol. The van der Waals surface area contributed by atoms with Crippen LogP contribution in [0.25, 0.3) is 0 Å². The first-order chi connectivity index (χ1) is 8.99. The molecule has 1 rings (SSSR count). The molecule has 0 saturated heterocycles.